The highest BCUT2D eigenvalue weighted by molar-refractivity contribution is 6.07. The maximum Gasteiger partial charge on any atom is 0.325 e. The highest BCUT2D eigenvalue weighted by atomic mass is 16.5. The first kappa shape index (κ1) is 19.1. The molecule has 0 aromatic carbocycles. The van der Waals surface area contributed by atoms with Crippen LogP contribution in [0.5, 0.6) is 5.88 Å². The SMILES string of the molecule is COc1ccc([C@H](NC(=O)CN2C(=O)NC(=O)C2(C)C)C2CC(O)C2)cn1. The van der Waals surface area contributed by atoms with Crippen molar-refractivity contribution in [1.82, 2.24) is 20.5 Å². The number of aliphatic hydroxyl groups excluding tert-OH is 1. The van der Waals surface area contributed by atoms with Crippen LogP contribution in [0, 0.1) is 5.92 Å². The summed E-state index contributed by atoms with van der Waals surface area (Å²) in [6.07, 6.45) is 2.41. The molecule has 9 heteroatoms. The van der Waals surface area contributed by atoms with Crippen LogP contribution in [-0.4, -0.2) is 58.1 Å². The van der Waals surface area contributed by atoms with Crippen molar-refractivity contribution in [2.75, 3.05) is 13.7 Å². The molecule has 2 aliphatic rings. The van der Waals surface area contributed by atoms with Crippen LogP contribution < -0.4 is 15.4 Å². The molecule has 27 heavy (non-hydrogen) atoms. The molecule has 4 amide bonds. The van der Waals surface area contributed by atoms with Crippen LogP contribution in [0.1, 0.15) is 38.3 Å². The van der Waals surface area contributed by atoms with Crippen LogP contribution in [0.4, 0.5) is 4.79 Å². The maximum absolute atomic E-state index is 12.6. The molecule has 9 nitrogen and oxygen atoms in total. The van der Waals surface area contributed by atoms with Crippen LogP contribution in [0.2, 0.25) is 0 Å². The van der Waals surface area contributed by atoms with E-state index >= 15 is 0 Å². The second kappa shape index (κ2) is 7.15. The fourth-order valence-corrected chi connectivity index (χ4v) is 3.40. The predicted octanol–water partition coefficient (Wildman–Crippen LogP) is 0.349. The smallest absolute Gasteiger partial charge is 0.325 e. The Bertz CT molecular complexity index is 743. The van der Waals surface area contributed by atoms with Gasteiger partial charge in [0.25, 0.3) is 5.91 Å². The van der Waals surface area contributed by atoms with Gasteiger partial charge in [-0.05, 0) is 38.2 Å². The number of aromatic nitrogens is 1. The minimum absolute atomic E-state index is 0.0705. The third kappa shape index (κ3) is 3.73. The molecule has 146 valence electrons. The number of imide groups is 1. The van der Waals surface area contributed by atoms with Crippen molar-refractivity contribution in [3.8, 4) is 5.88 Å². The lowest BCUT2D eigenvalue weighted by Crippen LogP contribution is -2.50. The van der Waals surface area contributed by atoms with E-state index in [1.807, 2.05) is 6.07 Å². The average molecular weight is 376 g/mol. The lowest BCUT2D eigenvalue weighted by Gasteiger charge is -2.38. The van der Waals surface area contributed by atoms with E-state index in [4.69, 9.17) is 4.74 Å². The summed E-state index contributed by atoms with van der Waals surface area (Å²) in [7, 11) is 1.52. The molecule has 1 aromatic rings. The number of amides is 4. The van der Waals surface area contributed by atoms with Gasteiger partial charge in [0.1, 0.15) is 12.1 Å². The molecule has 2 fully saturated rings. The fraction of sp³-hybridized carbons (Fsp3) is 0.556. The van der Waals surface area contributed by atoms with E-state index in [0.717, 1.165) is 5.56 Å². The molecular formula is C18H24N4O5. The van der Waals surface area contributed by atoms with E-state index < -0.39 is 17.5 Å². The number of nitrogens with one attached hydrogen (secondary N) is 2. The number of aliphatic hydroxyl groups is 1. The molecule has 0 radical (unpaired) electrons. The molecule has 1 atom stereocenters. The van der Waals surface area contributed by atoms with E-state index in [9.17, 15) is 19.5 Å². The van der Waals surface area contributed by atoms with Crippen molar-refractivity contribution in [3.05, 3.63) is 23.9 Å². The Kier molecular flexibility index (Phi) is 5.05. The molecule has 1 saturated carbocycles. The lowest BCUT2D eigenvalue weighted by molar-refractivity contribution is -0.127. The summed E-state index contributed by atoms with van der Waals surface area (Å²) in [4.78, 5) is 41.8. The number of urea groups is 1. The van der Waals surface area contributed by atoms with Gasteiger partial charge in [-0.3, -0.25) is 14.9 Å². The standard InChI is InChI=1S/C18H24N4O5/c1-18(2)16(25)21-17(26)22(18)9-13(24)20-15(11-6-12(23)7-11)10-4-5-14(27-3)19-8-10/h4-5,8,11-12,15,23H,6-7,9H2,1-3H3,(H,20,24)(H,21,25,26)/t11?,12?,15-/m0/s1. The first-order valence-corrected chi connectivity index (χ1v) is 8.82. The molecule has 0 unspecified atom stereocenters. The summed E-state index contributed by atoms with van der Waals surface area (Å²) in [6.45, 7) is 2.95. The van der Waals surface area contributed by atoms with E-state index in [-0.39, 0.29) is 30.5 Å². The van der Waals surface area contributed by atoms with Crippen molar-refractivity contribution in [2.45, 2.75) is 44.4 Å². The Balaban J connectivity index is 1.72. The van der Waals surface area contributed by atoms with Crippen LogP contribution in [0.3, 0.4) is 0 Å². The number of hydrogen-bond donors (Lipinski definition) is 3. The van der Waals surface area contributed by atoms with Crippen molar-refractivity contribution in [2.24, 2.45) is 5.92 Å². The molecule has 2 heterocycles. The Morgan fingerprint density at radius 3 is 2.63 bits per heavy atom. The third-order valence-corrected chi connectivity index (χ3v) is 5.26. The van der Waals surface area contributed by atoms with Gasteiger partial charge in [0.2, 0.25) is 11.8 Å². The van der Waals surface area contributed by atoms with Crippen LogP contribution >= 0.6 is 0 Å². The number of carbonyl (C=O) groups excluding carboxylic acids is 3. The summed E-state index contributed by atoms with van der Waals surface area (Å²) < 4.78 is 5.06. The van der Waals surface area contributed by atoms with Crippen molar-refractivity contribution in [1.29, 1.82) is 0 Å². The van der Waals surface area contributed by atoms with Crippen LogP contribution in [0.25, 0.3) is 0 Å². The second-order valence-electron chi connectivity index (χ2n) is 7.47. The van der Waals surface area contributed by atoms with E-state index in [0.29, 0.717) is 18.7 Å². The average Bonchev–Trinajstić information content (AvgIpc) is 2.79. The number of ether oxygens (including phenoxy) is 1. The highest BCUT2D eigenvalue weighted by Gasteiger charge is 2.46. The highest BCUT2D eigenvalue weighted by Crippen LogP contribution is 2.38. The monoisotopic (exact) mass is 376 g/mol. The van der Waals surface area contributed by atoms with Gasteiger partial charge in [-0.15, -0.1) is 0 Å². The second-order valence-corrected chi connectivity index (χ2v) is 7.47. The van der Waals surface area contributed by atoms with Gasteiger partial charge in [-0.2, -0.15) is 0 Å². The topological polar surface area (TPSA) is 121 Å². The summed E-state index contributed by atoms with van der Waals surface area (Å²) in [6, 6.07) is 2.60. The van der Waals surface area contributed by atoms with Gasteiger partial charge >= 0.3 is 6.03 Å². The molecule has 1 saturated heterocycles. The molecule has 1 aliphatic carbocycles. The van der Waals surface area contributed by atoms with Gasteiger partial charge in [0.15, 0.2) is 0 Å². The summed E-state index contributed by atoms with van der Waals surface area (Å²) in [5.74, 6) is -0.277. The molecule has 3 N–H and O–H groups in total. The van der Waals surface area contributed by atoms with Gasteiger partial charge in [0.05, 0.1) is 19.3 Å². The lowest BCUT2D eigenvalue weighted by atomic mass is 9.75. The molecule has 1 aromatic heterocycles. The Labute approximate surface area is 157 Å². The van der Waals surface area contributed by atoms with Gasteiger partial charge < -0.3 is 20.1 Å². The zero-order valence-electron chi connectivity index (χ0n) is 15.6. The number of hydrogen-bond acceptors (Lipinski definition) is 6. The normalized spacial score (nSPS) is 24.8. The first-order chi connectivity index (χ1) is 12.7. The van der Waals surface area contributed by atoms with E-state index in [2.05, 4.69) is 15.6 Å². The molecular weight excluding hydrogens is 352 g/mol. The zero-order chi connectivity index (χ0) is 19.8. The summed E-state index contributed by atoms with van der Waals surface area (Å²) in [5, 5.41) is 14.8. The number of pyridine rings is 1. The zero-order valence-corrected chi connectivity index (χ0v) is 15.6. The van der Waals surface area contributed by atoms with E-state index in [1.165, 1.54) is 12.0 Å². The van der Waals surface area contributed by atoms with E-state index in [1.54, 1.807) is 26.1 Å². The van der Waals surface area contributed by atoms with Crippen LogP contribution in [-0.2, 0) is 9.59 Å². The molecule has 1 aliphatic heterocycles. The van der Waals surface area contributed by atoms with Crippen molar-refractivity contribution < 1.29 is 24.2 Å². The number of rotatable bonds is 6. The molecule has 3 rings (SSSR count). The maximum atomic E-state index is 12.6. The number of nitrogens with zero attached hydrogens (tertiary/aromatic N) is 2. The number of carbonyl (C=O) groups is 3. The summed E-state index contributed by atoms with van der Waals surface area (Å²) in [5.41, 5.74) is -0.291. The third-order valence-electron chi connectivity index (χ3n) is 5.26. The Morgan fingerprint density at radius 1 is 1.44 bits per heavy atom. The van der Waals surface area contributed by atoms with Gasteiger partial charge in [0, 0.05) is 12.3 Å². The molecule has 0 bridgehead atoms. The quantitative estimate of drug-likeness (QED) is 0.616. The minimum Gasteiger partial charge on any atom is -0.481 e. The Morgan fingerprint density at radius 2 is 2.15 bits per heavy atom. The van der Waals surface area contributed by atoms with Gasteiger partial charge in [-0.25, -0.2) is 9.78 Å². The minimum atomic E-state index is -1.09. The van der Waals surface area contributed by atoms with Crippen molar-refractivity contribution in [3.63, 3.8) is 0 Å². The number of methoxy groups -OCH3 is 1. The van der Waals surface area contributed by atoms with Crippen molar-refractivity contribution >= 4 is 17.8 Å². The molecule has 0 spiro atoms. The largest absolute Gasteiger partial charge is 0.481 e. The fourth-order valence-electron chi connectivity index (χ4n) is 3.40. The summed E-state index contributed by atoms with van der Waals surface area (Å²) >= 11 is 0. The predicted molar refractivity (Wildman–Crippen MR) is 94.7 cm³/mol. The Hall–Kier alpha value is -2.68. The van der Waals surface area contributed by atoms with Gasteiger partial charge in [-0.1, -0.05) is 6.07 Å². The van der Waals surface area contributed by atoms with Crippen LogP contribution in [0.15, 0.2) is 18.3 Å². The first-order valence-electron chi connectivity index (χ1n) is 8.82.